The molecule has 2 rings (SSSR count). The van der Waals surface area contributed by atoms with Crippen LogP contribution in [0.4, 0.5) is 0 Å². The molecule has 0 bridgehead atoms. The third kappa shape index (κ3) is 4.38. The van der Waals surface area contributed by atoms with Gasteiger partial charge in [-0.2, -0.15) is 0 Å². The van der Waals surface area contributed by atoms with Crippen LogP contribution in [0.25, 0.3) is 0 Å². The maximum atomic E-state index is 12.5. The molecule has 0 aliphatic carbocycles. The van der Waals surface area contributed by atoms with Crippen molar-refractivity contribution in [3.05, 3.63) is 51.8 Å². The number of methoxy groups -OCH3 is 1. The van der Waals surface area contributed by atoms with Crippen LogP contribution >= 0.6 is 23.2 Å². The molecule has 0 aliphatic heterocycles. The van der Waals surface area contributed by atoms with Crippen molar-refractivity contribution in [1.82, 2.24) is 4.98 Å². The van der Waals surface area contributed by atoms with Crippen LogP contribution < -0.4 is 9.47 Å². The number of Topliss-reactive ketones (excluding diaryl/α,β-unsaturated/α-hetero) is 1. The first-order valence-corrected chi connectivity index (χ1v) is 7.98. The molecule has 0 radical (unpaired) electrons. The minimum absolute atomic E-state index is 0.0432. The minimum Gasteiger partial charge on any atom is -0.493 e. The average Bonchev–Trinajstić information content (AvgIpc) is 2.57. The molecule has 0 fully saturated rings. The topological polar surface area (TPSA) is 68.7 Å². The second kappa shape index (κ2) is 8.33. The van der Waals surface area contributed by atoms with E-state index < -0.39 is 6.10 Å². The summed E-state index contributed by atoms with van der Waals surface area (Å²) in [5.41, 5.74) is 0.959. The quantitative estimate of drug-likeness (QED) is 0.755. The van der Waals surface area contributed by atoms with Crippen LogP contribution in [0, 0.1) is 0 Å². The zero-order valence-electron chi connectivity index (χ0n) is 13.3. The van der Waals surface area contributed by atoms with Crippen molar-refractivity contribution in [2.45, 2.75) is 19.4 Å². The number of aliphatic hydroxyl groups is 1. The van der Waals surface area contributed by atoms with Gasteiger partial charge in [0.05, 0.1) is 23.8 Å². The second-order valence-electron chi connectivity index (χ2n) is 5.16. The standard InChI is InChI=1S/C17H17Cl2NO4/c1-10(9-21)24-17-5-11(3-4-16(17)23-2)15(22)6-12-13(18)7-20-8-14(12)19/h3-5,7-8,10,21H,6,9H2,1-2H3. The monoisotopic (exact) mass is 369 g/mol. The summed E-state index contributed by atoms with van der Waals surface area (Å²) in [6, 6.07) is 4.86. The Bertz CT molecular complexity index is 716. The van der Waals surface area contributed by atoms with E-state index in [1.165, 1.54) is 19.5 Å². The molecule has 0 spiro atoms. The van der Waals surface area contributed by atoms with E-state index >= 15 is 0 Å². The first kappa shape index (κ1) is 18.5. The van der Waals surface area contributed by atoms with Gasteiger partial charge in [-0.1, -0.05) is 23.2 Å². The van der Waals surface area contributed by atoms with E-state index in [0.717, 1.165) is 0 Å². The van der Waals surface area contributed by atoms with E-state index in [2.05, 4.69) is 4.98 Å². The van der Waals surface area contributed by atoms with Gasteiger partial charge < -0.3 is 14.6 Å². The minimum atomic E-state index is -0.423. The van der Waals surface area contributed by atoms with Gasteiger partial charge in [0.1, 0.15) is 6.10 Å². The van der Waals surface area contributed by atoms with Crippen molar-refractivity contribution in [2.24, 2.45) is 0 Å². The van der Waals surface area contributed by atoms with Crippen molar-refractivity contribution >= 4 is 29.0 Å². The number of ether oxygens (including phenoxy) is 2. The van der Waals surface area contributed by atoms with E-state index in [0.29, 0.717) is 32.7 Å². The van der Waals surface area contributed by atoms with Crippen molar-refractivity contribution in [2.75, 3.05) is 13.7 Å². The van der Waals surface area contributed by atoms with Gasteiger partial charge in [0.15, 0.2) is 17.3 Å². The third-order valence-corrected chi connectivity index (χ3v) is 4.01. The summed E-state index contributed by atoms with van der Waals surface area (Å²) in [7, 11) is 1.50. The first-order chi connectivity index (χ1) is 11.5. The lowest BCUT2D eigenvalue weighted by Crippen LogP contribution is -2.17. The summed E-state index contributed by atoms with van der Waals surface area (Å²) >= 11 is 12.1. The number of hydrogen-bond donors (Lipinski definition) is 1. The smallest absolute Gasteiger partial charge is 0.167 e. The molecule has 0 amide bonds. The molecule has 2 aromatic rings. The number of aromatic nitrogens is 1. The molecule has 0 saturated carbocycles. The predicted octanol–water partition coefficient (Wildman–Crippen LogP) is 3.58. The molecule has 5 nitrogen and oxygen atoms in total. The zero-order chi connectivity index (χ0) is 17.7. The third-order valence-electron chi connectivity index (χ3n) is 3.36. The lowest BCUT2D eigenvalue weighted by atomic mass is 10.0. The molecular formula is C17H17Cl2NO4. The van der Waals surface area contributed by atoms with Crippen LogP contribution in [0.5, 0.6) is 11.5 Å². The van der Waals surface area contributed by atoms with Crippen LogP contribution in [0.1, 0.15) is 22.8 Å². The van der Waals surface area contributed by atoms with Crippen molar-refractivity contribution in [3.63, 3.8) is 0 Å². The summed E-state index contributed by atoms with van der Waals surface area (Å²) in [6.07, 6.45) is 2.51. The first-order valence-electron chi connectivity index (χ1n) is 7.23. The van der Waals surface area contributed by atoms with Gasteiger partial charge in [-0.15, -0.1) is 0 Å². The Balaban J connectivity index is 2.28. The molecule has 1 N–H and O–H groups in total. The van der Waals surface area contributed by atoms with Crippen LogP contribution in [0.3, 0.4) is 0 Å². The predicted molar refractivity (Wildman–Crippen MR) is 92.5 cm³/mol. The fraction of sp³-hybridized carbons (Fsp3) is 0.294. The number of pyridine rings is 1. The van der Waals surface area contributed by atoms with Crippen molar-refractivity contribution in [3.8, 4) is 11.5 Å². The molecule has 1 unspecified atom stereocenters. The van der Waals surface area contributed by atoms with Gasteiger partial charge in [-0.25, -0.2) is 0 Å². The highest BCUT2D eigenvalue weighted by Crippen LogP contribution is 2.30. The SMILES string of the molecule is COc1ccc(C(=O)Cc2c(Cl)cncc2Cl)cc1OC(C)CO. The second-order valence-corrected chi connectivity index (χ2v) is 5.97. The molecular weight excluding hydrogens is 353 g/mol. The molecule has 0 saturated heterocycles. The number of ketones is 1. The van der Waals surface area contributed by atoms with Crippen LogP contribution in [-0.2, 0) is 6.42 Å². The number of benzene rings is 1. The van der Waals surface area contributed by atoms with E-state index in [1.54, 1.807) is 25.1 Å². The number of aliphatic hydroxyl groups excluding tert-OH is 1. The van der Waals surface area contributed by atoms with E-state index in [1.807, 2.05) is 0 Å². The lowest BCUT2D eigenvalue weighted by Gasteiger charge is -2.16. The number of nitrogens with zero attached hydrogens (tertiary/aromatic N) is 1. The van der Waals surface area contributed by atoms with E-state index in [4.69, 9.17) is 37.8 Å². The van der Waals surface area contributed by atoms with Gasteiger partial charge in [0, 0.05) is 29.9 Å². The number of rotatable bonds is 7. The maximum absolute atomic E-state index is 12.5. The molecule has 7 heteroatoms. The molecule has 128 valence electrons. The summed E-state index contributed by atoms with van der Waals surface area (Å²) in [4.78, 5) is 16.4. The molecule has 1 heterocycles. The maximum Gasteiger partial charge on any atom is 0.167 e. The Morgan fingerprint density at radius 1 is 1.25 bits per heavy atom. The number of carbonyl (C=O) groups excluding carboxylic acids is 1. The zero-order valence-corrected chi connectivity index (χ0v) is 14.8. The van der Waals surface area contributed by atoms with Crippen LogP contribution in [-0.4, -0.2) is 35.7 Å². The normalized spacial score (nSPS) is 11.9. The molecule has 1 atom stereocenters. The molecule has 1 aromatic carbocycles. The molecule has 1 aromatic heterocycles. The lowest BCUT2D eigenvalue weighted by molar-refractivity contribution is 0.0991. The van der Waals surface area contributed by atoms with Gasteiger partial charge in [-0.05, 0) is 25.1 Å². The van der Waals surface area contributed by atoms with E-state index in [9.17, 15) is 4.79 Å². The highest BCUT2D eigenvalue weighted by atomic mass is 35.5. The average molecular weight is 370 g/mol. The summed E-state index contributed by atoms with van der Waals surface area (Å²) < 4.78 is 10.8. The highest BCUT2D eigenvalue weighted by Gasteiger charge is 2.16. The Morgan fingerprint density at radius 3 is 2.50 bits per heavy atom. The van der Waals surface area contributed by atoms with E-state index in [-0.39, 0.29) is 18.8 Å². The Hall–Kier alpha value is -1.82. The summed E-state index contributed by atoms with van der Waals surface area (Å²) in [5, 5.41) is 9.81. The number of hydrogen-bond acceptors (Lipinski definition) is 5. The fourth-order valence-corrected chi connectivity index (χ4v) is 2.56. The highest BCUT2D eigenvalue weighted by molar-refractivity contribution is 6.36. The van der Waals surface area contributed by atoms with Crippen LogP contribution in [0.2, 0.25) is 10.0 Å². The number of carbonyl (C=O) groups is 1. The fourth-order valence-electron chi connectivity index (χ4n) is 2.07. The Kier molecular flexibility index (Phi) is 6.43. The largest absolute Gasteiger partial charge is 0.493 e. The summed E-state index contributed by atoms with van der Waals surface area (Å²) in [6.45, 7) is 1.56. The van der Waals surface area contributed by atoms with Crippen LogP contribution in [0.15, 0.2) is 30.6 Å². The molecule has 0 aliphatic rings. The van der Waals surface area contributed by atoms with Crippen molar-refractivity contribution in [1.29, 1.82) is 0 Å². The van der Waals surface area contributed by atoms with Gasteiger partial charge in [0.25, 0.3) is 0 Å². The molecule has 24 heavy (non-hydrogen) atoms. The van der Waals surface area contributed by atoms with Gasteiger partial charge >= 0.3 is 0 Å². The van der Waals surface area contributed by atoms with Crippen molar-refractivity contribution < 1.29 is 19.4 Å². The Morgan fingerprint density at radius 2 is 1.92 bits per heavy atom. The van der Waals surface area contributed by atoms with Gasteiger partial charge in [-0.3, -0.25) is 9.78 Å². The summed E-state index contributed by atoms with van der Waals surface area (Å²) in [5.74, 6) is 0.692. The van der Waals surface area contributed by atoms with Gasteiger partial charge in [0.2, 0.25) is 0 Å². The Labute approximate surface area is 150 Å². The number of halogens is 2.